The Morgan fingerprint density at radius 2 is 2.16 bits per heavy atom. The molecule has 1 N–H and O–H groups in total. The quantitative estimate of drug-likeness (QED) is 0.926. The third kappa shape index (κ3) is 2.68. The van der Waals surface area contributed by atoms with E-state index in [-0.39, 0.29) is 6.54 Å². The van der Waals surface area contributed by atoms with Crippen LogP contribution in [-0.2, 0) is 6.54 Å². The third-order valence-corrected chi connectivity index (χ3v) is 2.87. The lowest BCUT2D eigenvalue weighted by atomic mass is 10.2. The Balaban J connectivity index is 2.42. The zero-order chi connectivity index (χ0) is 14.0. The number of H-pyrrole nitrogens is 1. The number of aromatic amines is 1. The third-order valence-electron chi connectivity index (χ3n) is 2.57. The summed E-state index contributed by atoms with van der Waals surface area (Å²) in [5.41, 5.74) is -1.07. The lowest BCUT2D eigenvalue weighted by Gasteiger charge is -2.07. The molecule has 0 unspecified atom stereocenters. The molecule has 0 saturated heterocycles. The molecule has 0 amide bonds. The number of hydrogen-bond acceptors (Lipinski definition) is 3. The van der Waals surface area contributed by atoms with Crippen molar-refractivity contribution in [2.24, 2.45) is 0 Å². The predicted octanol–water partition coefficient (Wildman–Crippen LogP) is 1.39. The lowest BCUT2D eigenvalue weighted by Crippen LogP contribution is -2.36. The van der Waals surface area contributed by atoms with Gasteiger partial charge in [-0.05, 0) is 17.7 Å². The van der Waals surface area contributed by atoms with E-state index in [0.717, 1.165) is 10.8 Å². The summed E-state index contributed by atoms with van der Waals surface area (Å²) in [6.45, 7) is -0.0738. The van der Waals surface area contributed by atoms with Crippen LogP contribution >= 0.6 is 11.6 Å². The first-order chi connectivity index (χ1) is 9.02. The summed E-state index contributed by atoms with van der Waals surface area (Å²) < 4.78 is 18.9. The fourth-order valence-corrected chi connectivity index (χ4v) is 1.90. The van der Waals surface area contributed by atoms with Crippen LogP contribution in [0.15, 0.2) is 34.0 Å². The summed E-state index contributed by atoms with van der Waals surface area (Å²) in [5.74, 6) is -0.537. The van der Waals surface area contributed by atoms with Gasteiger partial charge in [-0.25, -0.2) is 4.79 Å². The highest BCUT2D eigenvalue weighted by atomic mass is 35.5. The van der Waals surface area contributed by atoms with Crippen LogP contribution in [0.1, 0.15) is 5.56 Å². The number of ether oxygens (including phenoxy) is 1. The smallest absolute Gasteiger partial charge is 0.328 e. The number of nitrogens with zero attached hydrogens (tertiary/aromatic N) is 1. The Bertz CT molecular complexity index is 724. The van der Waals surface area contributed by atoms with Gasteiger partial charge in [0.15, 0.2) is 0 Å². The Morgan fingerprint density at radius 3 is 2.79 bits per heavy atom. The van der Waals surface area contributed by atoms with E-state index in [4.69, 9.17) is 16.3 Å². The molecule has 0 spiro atoms. The lowest BCUT2D eigenvalue weighted by molar-refractivity contribution is 0.415. The van der Waals surface area contributed by atoms with Crippen molar-refractivity contribution in [2.75, 3.05) is 7.11 Å². The highest BCUT2D eigenvalue weighted by Gasteiger charge is 2.08. The van der Waals surface area contributed by atoms with Gasteiger partial charge in [-0.3, -0.25) is 9.36 Å². The van der Waals surface area contributed by atoms with Gasteiger partial charge in [-0.1, -0.05) is 17.7 Å². The molecule has 2 rings (SSSR count). The molecule has 0 aliphatic rings. The fourth-order valence-electron chi connectivity index (χ4n) is 1.62. The van der Waals surface area contributed by atoms with E-state index in [1.54, 1.807) is 18.2 Å². The molecule has 5 nitrogen and oxygen atoms in total. The minimum atomic E-state index is -1.01. The fraction of sp³-hybridized carbons (Fsp3) is 0.167. The van der Waals surface area contributed by atoms with E-state index in [0.29, 0.717) is 16.3 Å². The molecule has 2 aromatic rings. The van der Waals surface area contributed by atoms with Crippen LogP contribution in [0.2, 0.25) is 5.02 Å². The van der Waals surface area contributed by atoms with E-state index in [1.807, 2.05) is 0 Å². The van der Waals surface area contributed by atoms with Crippen molar-refractivity contribution < 1.29 is 9.13 Å². The zero-order valence-electron chi connectivity index (χ0n) is 9.94. The number of halogens is 2. The van der Waals surface area contributed by atoms with Gasteiger partial charge < -0.3 is 9.72 Å². The molecule has 0 saturated carbocycles. The number of rotatable bonds is 3. The van der Waals surface area contributed by atoms with E-state index >= 15 is 0 Å². The maximum atomic E-state index is 13.1. The molecule has 0 fully saturated rings. The van der Waals surface area contributed by atoms with Crippen molar-refractivity contribution in [1.82, 2.24) is 9.55 Å². The summed E-state index contributed by atoms with van der Waals surface area (Å²) in [4.78, 5) is 25.1. The van der Waals surface area contributed by atoms with E-state index in [9.17, 15) is 14.0 Å². The maximum absolute atomic E-state index is 13.1. The standard InChI is InChI=1S/C12H10ClFN2O3/c1-19-10-3-2-7(4-8(10)13)6-16-11(17)9(14)5-15-12(16)18/h2-5H,6H2,1H3,(H,15,18). The Labute approximate surface area is 112 Å². The van der Waals surface area contributed by atoms with Crippen LogP contribution < -0.4 is 16.0 Å². The predicted molar refractivity (Wildman–Crippen MR) is 68.4 cm³/mol. The van der Waals surface area contributed by atoms with Gasteiger partial charge in [0.1, 0.15) is 5.75 Å². The normalized spacial score (nSPS) is 10.5. The first-order valence-electron chi connectivity index (χ1n) is 5.33. The average Bonchev–Trinajstić information content (AvgIpc) is 2.39. The molecular weight excluding hydrogens is 275 g/mol. The first-order valence-corrected chi connectivity index (χ1v) is 5.71. The molecule has 0 aliphatic heterocycles. The number of methoxy groups -OCH3 is 1. The van der Waals surface area contributed by atoms with Crippen molar-refractivity contribution in [2.45, 2.75) is 6.54 Å². The zero-order valence-corrected chi connectivity index (χ0v) is 10.7. The number of aromatic nitrogens is 2. The van der Waals surface area contributed by atoms with Crippen LogP contribution in [-0.4, -0.2) is 16.7 Å². The first kappa shape index (κ1) is 13.4. The molecule has 0 aliphatic carbocycles. The van der Waals surface area contributed by atoms with Gasteiger partial charge in [0, 0.05) is 6.20 Å². The van der Waals surface area contributed by atoms with Gasteiger partial charge in [0.25, 0.3) is 5.56 Å². The van der Waals surface area contributed by atoms with Gasteiger partial charge in [0.05, 0.1) is 18.7 Å². The average molecular weight is 285 g/mol. The van der Waals surface area contributed by atoms with Gasteiger partial charge in [-0.2, -0.15) is 4.39 Å². The van der Waals surface area contributed by atoms with Gasteiger partial charge in [0.2, 0.25) is 5.82 Å². The summed E-state index contributed by atoms with van der Waals surface area (Å²) in [7, 11) is 1.47. The Hall–Kier alpha value is -2.08. The highest BCUT2D eigenvalue weighted by Crippen LogP contribution is 2.24. The molecular formula is C12H10ClFN2O3. The molecule has 1 aromatic heterocycles. The summed E-state index contributed by atoms with van der Waals surface area (Å²) in [5, 5.41) is 0.348. The number of nitrogens with one attached hydrogen (secondary N) is 1. The molecule has 1 aromatic carbocycles. The van der Waals surface area contributed by atoms with Crippen molar-refractivity contribution in [3.05, 3.63) is 61.6 Å². The maximum Gasteiger partial charge on any atom is 0.328 e. The minimum absolute atomic E-state index is 0.0738. The number of benzene rings is 1. The van der Waals surface area contributed by atoms with Crippen molar-refractivity contribution >= 4 is 11.6 Å². The second kappa shape index (κ2) is 5.27. The Kier molecular flexibility index (Phi) is 3.71. The highest BCUT2D eigenvalue weighted by molar-refractivity contribution is 6.32. The number of hydrogen-bond donors (Lipinski definition) is 1. The minimum Gasteiger partial charge on any atom is -0.495 e. The van der Waals surface area contributed by atoms with E-state index in [2.05, 4.69) is 4.98 Å². The van der Waals surface area contributed by atoms with Crippen LogP contribution in [0.3, 0.4) is 0 Å². The molecule has 0 radical (unpaired) electrons. The van der Waals surface area contributed by atoms with E-state index < -0.39 is 17.1 Å². The molecule has 1 heterocycles. The second-order valence-electron chi connectivity index (χ2n) is 3.80. The second-order valence-corrected chi connectivity index (χ2v) is 4.21. The van der Waals surface area contributed by atoms with Crippen LogP contribution in [0.25, 0.3) is 0 Å². The van der Waals surface area contributed by atoms with Crippen LogP contribution in [0, 0.1) is 5.82 Å². The molecule has 0 bridgehead atoms. The van der Waals surface area contributed by atoms with E-state index in [1.165, 1.54) is 7.11 Å². The topological polar surface area (TPSA) is 64.1 Å². The summed E-state index contributed by atoms with van der Waals surface area (Å²) in [6, 6.07) is 4.80. The summed E-state index contributed by atoms with van der Waals surface area (Å²) >= 11 is 5.93. The van der Waals surface area contributed by atoms with Crippen molar-refractivity contribution in [1.29, 1.82) is 0 Å². The molecule has 100 valence electrons. The molecule has 19 heavy (non-hydrogen) atoms. The molecule has 0 atom stereocenters. The Morgan fingerprint density at radius 1 is 1.42 bits per heavy atom. The molecule has 7 heteroatoms. The largest absolute Gasteiger partial charge is 0.495 e. The van der Waals surface area contributed by atoms with Gasteiger partial charge in [-0.15, -0.1) is 0 Å². The van der Waals surface area contributed by atoms with Crippen LogP contribution in [0.4, 0.5) is 4.39 Å². The van der Waals surface area contributed by atoms with Crippen molar-refractivity contribution in [3.63, 3.8) is 0 Å². The SMILES string of the molecule is COc1ccc(Cn2c(=O)[nH]cc(F)c2=O)cc1Cl. The summed E-state index contributed by atoms with van der Waals surface area (Å²) in [6.07, 6.45) is 0.738. The van der Waals surface area contributed by atoms with Gasteiger partial charge >= 0.3 is 5.69 Å². The van der Waals surface area contributed by atoms with Crippen molar-refractivity contribution in [3.8, 4) is 5.75 Å². The van der Waals surface area contributed by atoms with Crippen LogP contribution in [0.5, 0.6) is 5.75 Å². The monoisotopic (exact) mass is 284 g/mol.